The summed E-state index contributed by atoms with van der Waals surface area (Å²) in [6.45, 7) is 6.69. The monoisotopic (exact) mass is 237 g/mol. The second-order valence-electron chi connectivity index (χ2n) is 5.01. The maximum absolute atomic E-state index is 12.1. The van der Waals surface area contributed by atoms with E-state index in [0.717, 1.165) is 19.4 Å². The summed E-state index contributed by atoms with van der Waals surface area (Å²) in [5.41, 5.74) is 0. The highest BCUT2D eigenvalue weighted by Gasteiger charge is 2.32. The van der Waals surface area contributed by atoms with Gasteiger partial charge >= 0.3 is 0 Å². The van der Waals surface area contributed by atoms with E-state index in [0.29, 0.717) is 24.1 Å². The Morgan fingerprint density at radius 3 is 2.94 bits per heavy atom. The number of hydrogen-bond acceptors (Lipinski definition) is 4. The Bertz CT molecular complexity index is 400. The van der Waals surface area contributed by atoms with E-state index in [1.165, 1.54) is 0 Å². The van der Waals surface area contributed by atoms with Gasteiger partial charge in [0.1, 0.15) is 0 Å². The Hall–Kier alpha value is -1.39. The zero-order chi connectivity index (χ0) is 12.4. The minimum absolute atomic E-state index is 0.0127. The number of rotatable bonds is 3. The summed E-state index contributed by atoms with van der Waals surface area (Å²) in [6, 6.07) is 0.0127. The Kier molecular flexibility index (Phi) is 3.45. The molecule has 5 nitrogen and oxygen atoms in total. The van der Waals surface area contributed by atoms with E-state index < -0.39 is 0 Å². The standard InChI is InChI=1S/C12H19N3O2/c1-8(2)7-11(16)15-6-4-5-10(15)12-13-9(3)17-14-12/h8,10H,4-7H2,1-3H3. The Balaban J connectivity index is 2.09. The van der Waals surface area contributed by atoms with E-state index in [-0.39, 0.29) is 11.9 Å². The van der Waals surface area contributed by atoms with Crippen LogP contribution >= 0.6 is 0 Å². The molecule has 2 rings (SSSR count). The van der Waals surface area contributed by atoms with Crippen molar-refractivity contribution in [3.05, 3.63) is 11.7 Å². The molecule has 1 amide bonds. The fraction of sp³-hybridized carbons (Fsp3) is 0.750. The summed E-state index contributed by atoms with van der Waals surface area (Å²) in [4.78, 5) is 18.2. The first-order valence-electron chi connectivity index (χ1n) is 6.17. The van der Waals surface area contributed by atoms with Crippen molar-refractivity contribution in [1.82, 2.24) is 15.0 Å². The zero-order valence-corrected chi connectivity index (χ0v) is 10.6. The Morgan fingerprint density at radius 2 is 2.35 bits per heavy atom. The molecule has 2 heterocycles. The summed E-state index contributed by atoms with van der Waals surface area (Å²) in [5.74, 6) is 1.79. The molecule has 0 radical (unpaired) electrons. The SMILES string of the molecule is Cc1nc(C2CCCN2C(=O)CC(C)C)no1. The summed E-state index contributed by atoms with van der Waals surface area (Å²) in [6.07, 6.45) is 2.54. The third-order valence-corrected chi connectivity index (χ3v) is 3.00. The highest BCUT2D eigenvalue weighted by molar-refractivity contribution is 5.77. The van der Waals surface area contributed by atoms with Crippen LogP contribution in [-0.2, 0) is 4.79 Å². The van der Waals surface area contributed by atoms with Gasteiger partial charge in [0, 0.05) is 19.9 Å². The van der Waals surface area contributed by atoms with Crippen LogP contribution in [0.4, 0.5) is 0 Å². The van der Waals surface area contributed by atoms with Gasteiger partial charge < -0.3 is 9.42 Å². The van der Waals surface area contributed by atoms with Crippen LogP contribution in [0.3, 0.4) is 0 Å². The number of carbonyl (C=O) groups is 1. The zero-order valence-electron chi connectivity index (χ0n) is 10.6. The predicted octanol–water partition coefficient (Wildman–Crippen LogP) is 2.09. The summed E-state index contributed by atoms with van der Waals surface area (Å²) in [7, 11) is 0. The maximum Gasteiger partial charge on any atom is 0.223 e. The molecule has 1 saturated heterocycles. The minimum atomic E-state index is 0.0127. The molecule has 1 aromatic rings. The van der Waals surface area contributed by atoms with E-state index in [1.54, 1.807) is 6.92 Å². The molecule has 0 N–H and O–H groups in total. The first-order chi connectivity index (χ1) is 8.08. The molecule has 1 fully saturated rings. The number of carbonyl (C=O) groups excluding carboxylic acids is 1. The lowest BCUT2D eigenvalue weighted by Gasteiger charge is -2.23. The van der Waals surface area contributed by atoms with Gasteiger partial charge in [-0.05, 0) is 18.8 Å². The smallest absolute Gasteiger partial charge is 0.223 e. The van der Waals surface area contributed by atoms with Crippen molar-refractivity contribution in [2.24, 2.45) is 5.92 Å². The second-order valence-corrected chi connectivity index (χ2v) is 5.01. The van der Waals surface area contributed by atoms with Gasteiger partial charge in [0.15, 0.2) is 5.82 Å². The van der Waals surface area contributed by atoms with E-state index >= 15 is 0 Å². The average Bonchev–Trinajstić information content (AvgIpc) is 2.83. The number of hydrogen-bond donors (Lipinski definition) is 0. The third kappa shape index (κ3) is 2.65. The van der Waals surface area contributed by atoms with E-state index in [4.69, 9.17) is 4.52 Å². The van der Waals surface area contributed by atoms with Gasteiger partial charge in [-0.3, -0.25) is 4.79 Å². The van der Waals surface area contributed by atoms with Crippen molar-refractivity contribution in [3.8, 4) is 0 Å². The molecule has 1 aromatic heterocycles. The molecular formula is C12H19N3O2. The fourth-order valence-electron chi connectivity index (χ4n) is 2.25. The maximum atomic E-state index is 12.1. The van der Waals surface area contributed by atoms with Crippen molar-refractivity contribution in [3.63, 3.8) is 0 Å². The lowest BCUT2D eigenvalue weighted by atomic mass is 10.1. The Labute approximate surface area is 101 Å². The van der Waals surface area contributed by atoms with Crippen LogP contribution in [0.5, 0.6) is 0 Å². The second kappa shape index (κ2) is 4.85. The molecular weight excluding hydrogens is 218 g/mol. The summed E-state index contributed by atoms with van der Waals surface area (Å²) in [5, 5.41) is 3.93. The highest BCUT2D eigenvalue weighted by Crippen LogP contribution is 2.31. The van der Waals surface area contributed by atoms with Gasteiger partial charge in [-0.2, -0.15) is 4.98 Å². The Morgan fingerprint density at radius 1 is 1.59 bits per heavy atom. The van der Waals surface area contributed by atoms with Crippen molar-refractivity contribution in [1.29, 1.82) is 0 Å². The van der Waals surface area contributed by atoms with Crippen molar-refractivity contribution >= 4 is 5.91 Å². The molecule has 0 bridgehead atoms. The molecule has 1 unspecified atom stereocenters. The van der Waals surface area contributed by atoms with Crippen LogP contribution in [0, 0.1) is 12.8 Å². The van der Waals surface area contributed by atoms with Crippen molar-refractivity contribution in [2.45, 2.75) is 46.1 Å². The lowest BCUT2D eigenvalue weighted by Crippen LogP contribution is -2.31. The van der Waals surface area contributed by atoms with Gasteiger partial charge in [0.2, 0.25) is 11.8 Å². The van der Waals surface area contributed by atoms with Crippen LogP contribution < -0.4 is 0 Å². The van der Waals surface area contributed by atoms with Crippen molar-refractivity contribution < 1.29 is 9.32 Å². The quantitative estimate of drug-likeness (QED) is 0.807. The van der Waals surface area contributed by atoms with E-state index in [9.17, 15) is 4.79 Å². The minimum Gasteiger partial charge on any atom is -0.340 e. The molecule has 0 aromatic carbocycles. The topological polar surface area (TPSA) is 59.2 Å². The van der Waals surface area contributed by atoms with E-state index in [2.05, 4.69) is 24.0 Å². The number of amides is 1. The molecule has 0 aliphatic carbocycles. The number of likely N-dealkylation sites (tertiary alicyclic amines) is 1. The van der Waals surface area contributed by atoms with Crippen LogP contribution in [0.2, 0.25) is 0 Å². The lowest BCUT2D eigenvalue weighted by molar-refractivity contribution is -0.133. The molecule has 0 spiro atoms. The van der Waals surface area contributed by atoms with E-state index in [1.807, 2.05) is 4.90 Å². The van der Waals surface area contributed by atoms with Crippen molar-refractivity contribution in [2.75, 3.05) is 6.54 Å². The van der Waals surface area contributed by atoms with Crippen LogP contribution in [0.25, 0.3) is 0 Å². The highest BCUT2D eigenvalue weighted by atomic mass is 16.5. The van der Waals surface area contributed by atoms with Gasteiger partial charge in [0.05, 0.1) is 6.04 Å². The average molecular weight is 237 g/mol. The number of aromatic nitrogens is 2. The predicted molar refractivity (Wildman–Crippen MR) is 62.2 cm³/mol. The molecule has 17 heavy (non-hydrogen) atoms. The first kappa shape index (κ1) is 12.1. The van der Waals surface area contributed by atoms with Crippen LogP contribution in [0.1, 0.15) is 50.9 Å². The molecule has 1 aliphatic rings. The van der Waals surface area contributed by atoms with Gasteiger partial charge in [-0.1, -0.05) is 19.0 Å². The van der Waals surface area contributed by atoms with Gasteiger partial charge in [0.25, 0.3) is 0 Å². The molecule has 0 saturated carbocycles. The fourth-order valence-corrected chi connectivity index (χ4v) is 2.25. The molecule has 5 heteroatoms. The normalized spacial score (nSPS) is 20.2. The third-order valence-electron chi connectivity index (χ3n) is 3.00. The number of aryl methyl sites for hydroxylation is 1. The summed E-state index contributed by atoms with van der Waals surface area (Å²) >= 11 is 0. The van der Waals surface area contributed by atoms with Gasteiger partial charge in [-0.15, -0.1) is 0 Å². The number of nitrogens with zero attached hydrogens (tertiary/aromatic N) is 3. The van der Waals surface area contributed by atoms with Crippen LogP contribution in [0.15, 0.2) is 4.52 Å². The molecule has 94 valence electrons. The van der Waals surface area contributed by atoms with Crippen LogP contribution in [-0.4, -0.2) is 27.5 Å². The molecule has 1 atom stereocenters. The van der Waals surface area contributed by atoms with Gasteiger partial charge in [-0.25, -0.2) is 0 Å². The molecule has 1 aliphatic heterocycles. The largest absolute Gasteiger partial charge is 0.340 e. The summed E-state index contributed by atoms with van der Waals surface area (Å²) < 4.78 is 4.99. The first-order valence-corrected chi connectivity index (χ1v) is 6.17.